The normalized spacial score (nSPS) is 25.5. The molecule has 2 aromatic rings. The van der Waals surface area contributed by atoms with Crippen molar-refractivity contribution in [1.82, 2.24) is 10.3 Å². The topological polar surface area (TPSA) is 62.0 Å². The summed E-state index contributed by atoms with van der Waals surface area (Å²) in [6, 6.07) is 13.0. The van der Waals surface area contributed by atoms with Crippen LogP contribution < -0.4 is 10.9 Å². The Labute approximate surface area is 128 Å². The first-order chi connectivity index (χ1) is 10.7. The van der Waals surface area contributed by atoms with Gasteiger partial charge in [-0.05, 0) is 42.7 Å². The molecule has 4 rings (SSSR count). The summed E-state index contributed by atoms with van der Waals surface area (Å²) in [5.41, 5.74) is 1.76. The highest BCUT2D eigenvalue weighted by Crippen LogP contribution is 2.50. The van der Waals surface area contributed by atoms with Crippen molar-refractivity contribution in [3.8, 4) is 11.3 Å². The van der Waals surface area contributed by atoms with Gasteiger partial charge in [0.1, 0.15) is 0 Å². The number of aromatic nitrogens is 1. The molecule has 3 unspecified atom stereocenters. The van der Waals surface area contributed by atoms with Crippen molar-refractivity contribution < 1.29 is 4.79 Å². The average Bonchev–Trinajstić information content (AvgIpc) is 2.52. The summed E-state index contributed by atoms with van der Waals surface area (Å²) in [7, 11) is 0. The van der Waals surface area contributed by atoms with Crippen LogP contribution >= 0.6 is 0 Å². The summed E-state index contributed by atoms with van der Waals surface area (Å²) in [5.74, 6) is 1.35. The molecule has 0 spiro atoms. The number of pyridine rings is 1. The largest absolute Gasteiger partial charge is 0.349 e. The lowest BCUT2D eigenvalue weighted by Gasteiger charge is -2.53. The molecule has 0 saturated heterocycles. The lowest BCUT2D eigenvalue weighted by atomic mass is 9.56. The molecule has 22 heavy (non-hydrogen) atoms. The van der Waals surface area contributed by atoms with Crippen LogP contribution in [0, 0.1) is 11.8 Å². The van der Waals surface area contributed by atoms with E-state index in [2.05, 4.69) is 10.3 Å². The molecule has 1 aromatic carbocycles. The second kappa shape index (κ2) is 5.13. The molecule has 0 aliphatic heterocycles. The van der Waals surface area contributed by atoms with E-state index in [1.54, 1.807) is 6.07 Å². The minimum absolute atomic E-state index is 0.140. The smallest absolute Gasteiger partial charge is 0.251 e. The van der Waals surface area contributed by atoms with E-state index in [4.69, 9.17) is 0 Å². The summed E-state index contributed by atoms with van der Waals surface area (Å²) in [4.78, 5) is 27.0. The first-order valence-corrected chi connectivity index (χ1v) is 7.81. The van der Waals surface area contributed by atoms with E-state index in [9.17, 15) is 9.59 Å². The first-order valence-electron chi connectivity index (χ1n) is 7.81. The standard InChI is InChI=1S/C18H18N2O2/c21-17-10-13(9-15(19-17)11-4-2-1-3-5-11)18(22)20-16-8-12-6-7-14(12)16/h1-5,9-10,12,14,16H,6-8H2,(H,19,21)(H,20,22). The highest BCUT2D eigenvalue weighted by atomic mass is 16.2. The molecule has 2 fully saturated rings. The number of fused-ring (bicyclic) bond motifs is 1. The van der Waals surface area contributed by atoms with Gasteiger partial charge in [-0.25, -0.2) is 0 Å². The fourth-order valence-electron chi connectivity index (χ4n) is 3.59. The quantitative estimate of drug-likeness (QED) is 0.914. The predicted molar refractivity (Wildman–Crippen MR) is 84.6 cm³/mol. The van der Waals surface area contributed by atoms with Gasteiger partial charge in [-0.2, -0.15) is 0 Å². The monoisotopic (exact) mass is 294 g/mol. The van der Waals surface area contributed by atoms with Crippen LogP contribution in [0.1, 0.15) is 29.6 Å². The number of hydrogen-bond donors (Lipinski definition) is 2. The van der Waals surface area contributed by atoms with Crippen LogP contribution in [0.15, 0.2) is 47.3 Å². The Kier molecular flexibility index (Phi) is 3.10. The molecule has 3 atom stereocenters. The van der Waals surface area contributed by atoms with E-state index in [1.807, 2.05) is 30.3 Å². The van der Waals surface area contributed by atoms with Gasteiger partial charge in [0, 0.05) is 23.4 Å². The van der Waals surface area contributed by atoms with E-state index < -0.39 is 0 Å². The predicted octanol–water partition coefficient (Wildman–Crippen LogP) is 2.57. The van der Waals surface area contributed by atoms with E-state index in [1.165, 1.54) is 18.9 Å². The fraction of sp³-hybridized carbons (Fsp3) is 0.333. The van der Waals surface area contributed by atoms with Crippen LogP contribution in [0.3, 0.4) is 0 Å². The molecular formula is C18H18N2O2. The second-order valence-electron chi connectivity index (χ2n) is 6.33. The van der Waals surface area contributed by atoms with Crippen LogP contribution in [0.4, 0.5) is 0 Å². The van der Waals surface area contributed by atoms with Gasteiger partial charge in [-0.3, -0.25) is 9.59 Å². The van der Waals surface area contributed by atoms with E-state index in [0.717, 1.165) is 17.9 Å². The second-order valence-corrected chi connectivity index (χ2v) is 6.33. The van der Waals surface area contributed by atoms with Crippen molar-refractivity contribution in [2.75, 3.05) is 0 Å². The molecule has 1 heterocycles. The molecule has 2 saturated carbocycles. The average molecular weight is 294 g/mol. The zero-order chi connectivity index (χ0) is 15.1. The Morgan fingerprint density at radius 2 is 1.95 bits per heavy atom. The van der Waals surface area contributed by atoms with Crippen LogP contribution in [0.5, 0.6) is 0 Å². The number of aromatic amines is 1. The first kappa shape index (κ1) is 13.3. The summed E-state index contributed by atoms with van der Waals surface area (Å²) in [6.45, 7) is 0. The highest BCUT2D eigenvalue weighted by molar-refractivity contribution is 5.95. The molecule has 1 aromatic heterocycles. The van der Waals surface area contributed by atoms with Crippen molar-refractivity contribution in [2.45, 2.75) is 25.3 Å². The van der Waals surface area contributed by atoms with E-state index in [-0.39, 0.29) is 11.5 Å². The van der Waals surface area contributed by atoms with Gasteiger partial charge in [0.15, 0.2) is 0 Å². The molecule has 2 aliphatic rings. The van der Waals surface area contributed by atoms with Crippen molar-refractivity contribution in [3.63, 3.8) is 0 Å². The van der Waals surface area contributed by atoms with Gasteiger partial charge in [0.05, 0.1) is 0 Å². The minimum Gasteiger partial charge on any atom is -0.349 e. The Morgan fingerprint density at radius 1 is 1.14 bits per heavy atom. The van der Waals surface area contributed by atoms with Crippen LogP contribution in [0.25, 0.3) is 11.3 Å². The third-order valence-corrected chi connectivity index (χ3v) is 5.06. The van der Waals surface area contributed by atoms with Gasteiger partial charge in [-0.1, -0.05) is 30.3 Å². The Bertz CT molecular complexity index is 766. The van der Waals surface area contributed by atoms with Gasteiger partial charge in [0.25, 0.3) is 5.91 Å². The molecular weight excluding hydrogens is 276 g/mol. The summed E-state index contributed by atoms with van der Waals surface area (Å²) >= 11 is 0. The van der Waals surface area contributed by atoms with E-state index in [0.29, 0.717) is 23.2 Å². The van der Waals surface area contributed by atoms with Gasteiger partial charge < -0.3 is 10.3 Å². The number of carbonyl (C=O) groups is 1. The molecule has 0 bridgehead atoms. The number of benzene rings is 1. The third kappa shape index (κ3) is 2.25. The van der Waals surface area contributed by atoms with Crippen molar-refractivity contribution >= 4 is 5.91 Å². The van der Waals surface area contributed by atoms with Crippen LogP contribution in [-0.2, 0) is 0 Å². The number of rotatable bonds is 3. The molecule has 0 radical (unpaired) electrons. The lowest BCUT2D eigenvalue weighted by molar-refractivity contribution is 0.00664. The summed E-state index contributed by atoms with van der Waals surface area (Å²) in [5, 5.41) is 3.08. The Morgan fingerprint density at radius 3 is 2.59 bits per heavy atom. The maximum absolute atomic E-state index is 12.4. The zero-order valence-electron chi connectivity index (χ0n) is 12.2. The van der Waals surface area contributed by atoms with Gasteiger partial charge in [0.2, 0.25) is 5.56 Å². The number of amides is 1. The summed E-state index contributed by atoms with van der Waals surface area (Å²) in [6.07, 6.45) is 3.62. The number of nitrogens with one attached hydrogen (secondary N) is 2. The molecule has 1 amide bonds. The zero-order valence-corrected chi connectivity index (χ0v) is 12.2. The Hall–Kier alpha value is -2.36. The number of H-pyrrole nitrogens is 1. The SMILES string of the molecule is O=C(NC1CC2CCC21)c1cc(-c2ccccc2)[nH]c(=O)c1. The maximum atomic E-state index is 12.4. The van der Waals surface area contributed by atoms with Crippen molar-refractivity contribution in [1.29, 1.82) is 0 Å². The molecule has 2 N–H and O–H groups in total. The molecule has 4 heteroatoms. The number of hydrogen-bond acceptors (Lipinski definition) is 2. The van der Waals surface area contributed by atoms with Crippen LogP contribution in [0.2, 0.25) is 0 Å². The maximum Gasteiger partial charge on any atom is 0.251 e. The molecule has 4 nitrogen and oxygen atoms in total. The lowest BCUT2D eigenvalue weighted by Crippen LogP contribution is -2.57. The number of carbonyl (C=O) groups excluding carboxylic acids is 1. The van der Waals surface area contributed by atoms with Gasteiger partial charge in [-0.15, -0.1) is 0 Å². The fourth-order valence-corrected chi connectivity index (χ4v) is 3.59. The minimum atomic E-state index is -0.248. The third-order valence-electron chi connectivity index (χ3n) is 5.06. The Balaban J connectivity index is 1.57. The highest BCUT2D eigenvalue weighted by Gasteiger charge is 2.47. The molecule has 2 aliphatic carbocycles. The summed E-state index contributed by atoms with van der Waals surface area (Å²) < 4.78 is 0. The van der Waals surface area contributed by atoms with E-state index >= 15 is 0 Å². The van der Waals surface area contributed by atoms with Gasteiger partial charge >= 0.3 is 0 Å². The van der Waals surface area contributed by atoms with Crippen molar-refractivity contribution in [2.24, 2.45) is 11.8 Å². The van der Waals surface area contributed by atoms with Crippen molar-refractivity contribution in [3.05, 3.63) is 58.4 Å². The van der Waals surface area contributed by atoms with Crippen LogP contribution in [-0.4, -0.2) is 16.9 Å². The molecule has 112 valence electrons.